The van der Waals surface area contributed by atoms with E-state index in [1.54, 1.807) is 18.7 Å². The Labute approximate surface area is 119 Å². The standard InChI is InChI=1S/C16H20N2O2/c1-16(2)15(20)18(10-14(19)17-16)9-11-6-7-12-4-3-5-13(12)8-11/h6-8H,3-5,9-10H2,1-2H3,(H,17,19). The van der Waals surface area contributed by atoms with E-state index in [9.17, 15) is 9.59 Å². The second-order valence-corrected chi connectivity index (χ2v) is 6.29. The van der Waals surface area contributed by atoms with E-state index >= 15 is 0 Å². The molecule has 106 valence electrons. The highest BCUT2D eigenvalue weighted by molar-refractivity contribution is 5.97. The normalized spacial score (nSPS) is 20.8. The number of rotatable bonds is 2. The van der Waals surface area contributed by atoms with Gasteiger partial charge in [0.05, 0.1) is 6.54 Å². The Hall–Kier alpha value is -1.84. The first-order valence-corrected chi connectivity index (χ1v) is 7.17. The van der Waals surface area contributed by atoms with Crippen molar-refractivity contribution < 1.29 is 9.59 Å². The Bertz CT molecular complexity index is 578. The van der Waals surface area contributed by atoms with Gasteiger partial charge in [0.25, 0.3) is 0 Å². The molecule has 2 amide bonds. The highest BCUT2D eigenvalue weighted by Gasteiger charge is 2.38. The smallest absolute Gasteiger partial charge is 0.248 e. The number of hydrogen-bond acceptors (Lipinski definition) is 2. The Morgan fingerprint density at radius 2 is 1.95 bits per heavy atom. The maximum atomic E-state index is 12.3. The molecule has 4 heteroatoms. The number of carbonyl (C=O) groups is 2. The summed E-state index contributed by atoms with van der Waals surface area (Å²) in [5.74, 6) is -0.103. The van der Waals surface area contributed by atoms with Crippen LogP contribution in [0.5, 0.6) is 0 Å². The Balaban J connectivity index is 1.80. The molecule has 2 aliphatic rings. The third-order valence-electron chi connectivity index (χ3n) is 4.14. The van der Waals surface area contributed by atoms with Gasteiger partial charge in [0.2, 0.25) is 11.8 Å². The summed E-state index contributed by atoms with van der Waals surface area (Å²) in [6, 6.07) is 6.43. The minimum atomic E-state index is -0.800. The number of nitrogens with one attached hydrogen (secondary N) is 1. The van der Waals surface area contributed by atoms with Crippen molar-refractivity contribution in [3.8, 4) is 0 Å². The van der Waals surface area contributed by atoms with Crippen LogP contribution in [-0.4, -0.2) is 28.8 Å². The molecule has 0 aromatic heterocycles. The van der Waals surface area contributed by atoms with Crippen LogP contribution in [0.1, 0.15) is 37.0 Å². The van der Waals surface area contributed by atoms with Gasteiger partial charge in [-0.25, -0.2) is 0 Å². The zero-order valence-corrected chi connectivity index (χ0v) is 12.0. The van der Waals surface area contributed by atoms with Crippen molar-refractivity contribution in [1.29, 1.82) is 0 Å². The summed E-state index contributed by atoms with van der Waals surface area (Å²) >= 11 is 0. The van der Waals surface area contributed by atoms with Crippen LogP contribution in [0.4, 0.5) is 0 Å². The third-order valence-corrected chi connectivity index (χ3v) is 4.14. The lowest BCUT2D eigenvalue weighted by molar-refractivity contribution is -0.148. The van der Waals surface area contributed by atoms with E-state index < -0.39 is 5.54 Å². The lowest BCUT2D eigenvalue weighted by Gasteiger charge is -2.37. The average Bonchev–Trinajstić information content (AvgIpc) is 2.82. The van der Waals surface area contributed by atoms with Crippen LogP contribution in [0.15, 0.2) is 18.2 Å². The molecule has 20 heavy (non-hydrogen) atoms. The first kappa shape index (κ1) is 13.2. The van der Waals surface area contributed by atoms with Crippen molar-refractivity contribution in [2.24, 2.45) is 0 Å². The maximum absolute atomic E-state index is 12.3. The molecule has 1 aliphatic carbocycles. The van der Waals surface area contributed by atoms with Gasteiger partial charge in [-0.05, 0) is 49.8 Å². The first-order valence-electron chi connectivity index (χ1n) is 7.17. The fourth-order valence-corrected chi connectivity index (χ4v) is 3.15. The van der Waals surface area contributed by atoms with Gasteiger partial charge < -0.3 is 10.2 Å². The second-order valence-electron chi connectivity index (χ2n) is 6.29. The molecule has 1 saturated heterocycles. The molecule has 1 heterocycles. The molecule has 1 fully saturated rings. The van der Waals surface area contributed by atoms with Gasteiger partial charge in [-0.15, -0.1) is 0 Å². The minimum Gasteiger partial charge on any atom is -0.341 e. The Kier molecular flexibility index (Phi) is 3.04. The van der Waals surface area contributed by atoms with Crippen LogP contribution < -0.4 is 5.32 Å². The van der Waals surface area contributed by atoms with Gasteiger partial charge in [0.1, 0.15) is 5.54 Å². The van der Waals surface area contributed by atoms with Gasteiger partial charge in [-0.2, -0.15) is 0 Å². The zero-order chi connectivity index (χ0) is 14.3. The SMILES string of the molecule is CC1(C)NC(=O)CN(Cc2ccc3c(c2)CCC3)C1=O. The van der Waals surface area contributed by atoms with Crippen LogP contribution in [0.25, 0.3) is 0 Å². The molecule has 4 nitrogen and oxygen atoms in total. The van der Waals surface area contributed by atoms with E-state index in [1.165, 1.54) is 17.5 Å². The molecule has 0 unspecified atom stereocenters. The molecule has 0 spiro atoms. The molecule has 0 bridgehead atoms. The summed E-state index contributed by atoms with van der Waals surface area (Å²) in [4.78, 5) is 25.7. The summed E-state index contributed by atoms with van der Waals surface area (Å²) in [5, 5.41) is 2.73. The average molecular weight is 272 g/mol. The van der Waals surface area contributed by atoms with Gasteiger partial charge in [-0.1, -0.05) is 18.2 Å². The number of nitrogens with zero attached hydrogens (tertiary/aromatic N) is 1. The molecule has 1 aliphatic heterocycles. The summed E-state index contributed by atoms with van der Waals surface area (Å²) < 4.78 is 0. The fourth-order valence-electron chi connectivity index (χ4n) is 3.15. The third kappa shape index (κ3) is 2.30. The number of fused-ring (bicyclic) bond motifs is 1. The number of benzene rings is 1. The number of amides is 2. The minimum absolute atomic E-state index is 0.0161. The van der Waals surface area contributed by atoms with Crippen molar-refractivity contribution in [3.05, 3.63) is 34.9 Å². The largest absolute Gasteiger partial charge is 0.341 e. The van der Waals surface area contributed by atoms with Gasteiger partial charge >= 0.3 is 0 Å². The molecule has 1 N–H and O–H groups in total. The van der Waals surface area contributed by atoms with E-state index in [4.69, 9.17) is 0 Å². The van der Waals surface area contributed by atoms with E-state index in [0.29, 0.717) is 6.54 Å². The quantitative estimate of drug-likeness (QED) is 0.885. The van der Waals surface area contributed by atoms with Crippen LogP contribution in [0, 0.1) is 0 Å². The number of carbonyl (C=O) groups excluding carboxylic acids is 2. The number of aryl methyl sites for hydroxylation is 2. The van der Waals surface area contributed by atoms with Crippen molar-refractivity contribution in [1.82, 2.24) is 10.2 Å². The fraction of sp³-hybridized carbons (Fsp3) is 0.500. The van der Waals surface area contributed by atoms with Gasteiger partial charge in [-0.3, -0.25) is 9.59 Å². The molecule has 3 rings (SSSR count). The van der Waals surface area contributed by atoms with Crippen LogP contribution in [-0.2, 0) is 29.0 Å². The highest BCUT2D eigenvalue weighted by Crippen LogP contribution is 2.24. The van der Waals surface area contributed by atoms with E-state index in [-0.39, 0.29) is 18.4 Å². The van der Waals surface area contributed by atoms with Crippen molar-refractivity contribution >= 4 is 11.8 Å². The number of hydrogen-bond donors (Lipinski definition) is 1. The maximum Gasteiger partial charge on any atom is 0.248 e. The van der Waals surface area contributed by atoms with Crippen LogP contribution in [0.2, 0.25) is 0 Å². The molecular formula is C16H20N2O2. The Morgan fingerprint density at radius 1 is 1.20 bits per heavy atom. The van der Waals surface area contributed by atoms with E-state index in [1.807, 2.05) is 0 Å². The summed E-state index contributed by atoms with van der Waals surface area (Å²) in [7, 11) is 0. The molecule has 1 aromatic carbocycles. The lowest BCUT2D eigenvalue weighted by atomic mass is 9.99. The van der Waals surface area contributed by atoms with Crippen molar-refractivity contribution in [3.63, 3.8) is 0 Å². The van der Waals surface area contributed by atoms with Gasteiger partial charge in [0.15, 0.2) is 0 Å². The Morgan fingerprint density at radius 3 is 2.75 bits per heavy atom. The highest BCUT2D eigenvalue weighted by atomic mass is 16.2. The summed E-state index contributed by atoms with van der Waals surface area (Å²) in [6.45, 7) is 4.17. The lowest BCUT2D eigenvalue weighted by Crippen LogP contribution is -2.63. The van der Waals surface area contributed by atoms with Crippen LogP contribution >= 0.6 is 0 Å². The monoisotopic (exact) mass is 272 g/mol. The van der Waals surface area contributed by atoms with Crippen molar-refractivity contribution in [2.75, 3.05) is 6.54 Å². The van der Waals surface area contributed by atoms with Crippen molar-refractivity contribution in [2.45, 2.75) is 45.2 Å². The molecule has 0 atom stereocenters. The van der Waals surface area contributed by atoms with E-state index in [0.717, 1.165) is 18.4 Å². The topological polar surface area (TPSA) is 49.4 Å². The summed E-state index contributed by atoms with van der Waals surface area (Å²) in [6.07, 6.45) is 3.51. The molecule has 1 aromatic rings. The number of piperazine rings is 1. The molecular weight excluding hydrogens is 252 g/mol. The predicted molar refractivity (Wildman–Crippen MR) is 76.1 cm³/mol. The molecule has 0 saturated carbocycles. The summed E-state index contributed by atoms with van der Waals surface area (Å²) in [5.41, 5.74) is 3.14. The molecule has 0 radical (unpaired) electrons. The van der Waals surface area contributed by atoms with E-state index in [2.05, 4.69) is 23.5 Å². The van der Waals surface area contributed by atoms with Crippen LogP contribution in [0.3, 0.4) is 0 Å². The predicted octanol–water partition coefficient (Wildman–Crippen LogP) is 1.41. The van der Waals surface area contributed by atoms with Gasteiger partial charge in [0, 0.05) is 6.54 Å². The second kappa shape index (κ2) is 4.62. The first-order chi connectivity index (χ1) is 9.45. The zero-order valence-electron chi connectivity index (χ0n) is 12.0.